The first-order chi connectivity index (χ1) is 11.7. The van der Waals surface area contributed by atoms with Crippen LogP contribution in [0.4, 0.5) is 5.82 Å². The molecule has 0 amide bonds. The predicted molar refractivity (Wildman–Crippen MR) is 97.0 cm³/mol. The van der Waals surface area contributed by atoms with Gasteiger partial charge < -0.3 is 15.0 Å². The zero-order valence-corrected chi connectivity index (χ0v) is 13.7. The van der Waals surface area contributed by atoms with Gasteiger partial charge in [-0.1, -0.05) is 6.58 Å². The van der Waals surface area contributed by atoms with Gasteiger partial charge in [-0.25, -0.2) is 9.50 Å². The van der Waals surface area contributed by atoms with Gasteiger partial charge in [0.15, 0.2) is 11.6 Å². The molecule has 1 saturated heterocycles. The summed E-state index contributed by atoms with van der Waals surface area (Å²) in [6.45, 7) is 12.3. The minimum absolute atomic E-state index is 0.435. The number of allylic oxidation sites excluding steroid dienone is 2. The molecular weight excluding hydrogens is 304 g/mol. The van der Waals surface area contributed by atoms with E-state index < -0.39 is 0 Å². The number of hydrogen-bond acceptors (Lipinski definition) is 6. The van der Waals surface area contributed by atoms with Crippen molar-refractivity contribution >= 4 is 35.4 Å². The summed E-state index contributed by atoms with van der Waals surface area (Å²) in [6, 6.07) is 3.98. The fraction of sp³-hybridized carbons (Fsp3) is 0.294. The van der Waals surface area contributed by atoms with Gasteiger partial charge in [0.2, 0.25) is 0 Å². The molecule has 7 nitrogen and oxygen atoms in total. The first-order valence-corrected chi connectivity index (χ1v) is 7.71. The van der Waals surface area contributed by atoms with Gasteiger partial charge in [-0.05, 0) is 31.3 Å². The molecule has 7 heteroatoms. The molecule has 2 aromatic heterocycles. The van der Waals surface area contributed by atoms with E-state index in [1.54, 1.807) is 0 Å². The van der Waals surface area contributed by atoms with Gasteiger partial charge in [0.25, 0.3) is 0 Å². The molecule has 1 fully saturated rings. The summed E-state index contributed by atoms with van der Waals surface area (Å²) in [6.07, 6.45) is 2.67. The molecule has 1 N–H and O–H groups in total. The lowest BCUT2D eigenvalue weighted by atomic mass is 10.2. The Bertz CT molecular complexity index is 829. The molecule has 2 aromatic rings. The first kappa shape index (κ1) is 16.1. The van der Waals surface area contributed by atoms with Gasteiger partial charge >= 0.3 is 0 Å². The maximum absolute atomic E-state index is 7.60. The summed E-state index contributed by atoms with van der Waals surface area (Å²) in [5, 5.41) is 12.2. The van der Waals surface area contributed by atoms with E-state index in [9.17, 15) is 0 Å². The van der Waals surface area contributed by atoms with E-state index in [0.29, 0.717) is 24.6 Å². The number of hydrogen-bond donors (Lipinski definition) is 1. The van der Waals surface area contributed by atoms with Gasteiger partial charge in [0, 0.05) is 25.5 Å². The number of ether oxygens (including phenoxy) is 1. The Morgan fingerprint density at radius 3 is 2.75 bits per heavy atom. The molecule has 3 rings (SSSR count). The summed E-state index contributed by atoms with van der Waals surface area (Å²) in [5.74, 6) is 1.26. The lowest BCUT2D eigenvalue weighted by Crippen LogP contribution is -2.37. The standard InChI is InChI=1S/C17H20N6O/c1-12(2)14-4-5-15-17(22-6-8-24-9-7-22)20-16(21-23(14)15)13(10-18)11-19-3/h4-5,10-11,18H,1,3,6-9H2,2H3/b13-11+,18-10?. The number of morpholine rings is 1. The number of aliphatic imine (C=N–C) groups is 1. The van der Waals surface area contributed by atoms with Crippen molar-refractivity contribution in [1.82, 2.24) is 14.6 Å². The van der Waals surface area contributed by atoms with Crippen LogP contribution in [0.2, 0.25) is 0 Å². The highest BCUT2D eigenvalue weighted by molar-refractivity contribution is 6.06. The maximum atomic E-state index is 7.60. The second-order valence-electron chi connectivity index (χ2n) is 5.57. The van der Waals surface area contributed by atoms with Crippen molar-refractivity contribution in [3.05, 3.63) is 36.4 Å². The van der Waals surface area contributed by atoms with Gasteiger partial charge in [0.05, 0.1) is 24.5 Å². The number of anilines is 1. The third-order valence-corrected chi connectivity index (χ3v) is 3.88. The third kappa shape index (κ3) is 2.85. The molecule has 3 heterocycles. The van der Waals surface area contributed by atoms with Gasteiger partial charge in [0.1, 0.15) is 5.52 Å². The van der Waals surface area contributed by atoms with Crippen molar-refractivity contribution in [3.8, 4) is 0 Å². The molecule has 24 heavy (non-hydrogen) atoms. The molecule has 0 bridgehead atoms. The third-order valence-electron chi connectivity index (χ3n) is 3.88. The first-order valence-electron chi connectivity index (χ1n) is 7.71. The largest absolute Gasteiger partial charge is 0.378 e. The topological polar surface area (TPSA) is 78.9 Å². The van der Waals surface area contributed by atoms with Crippen LogP contribution in [0.3, 0.4) is 0 Å². The fourth-order valence-electron chi connectivity index (χ4n) is 2.69. The number of nitrogens with one attached hydrogen (secondary N) is 1. The normalized spacial score (nSPS) is 15.5. The number of fused-ring (bicyclic) bond motifs is 1. The smallest absolute Gasteiger partial charge is 0.185 e. The summed E-state index contributed by atoms with van der Waals surface area (Å²) in [4.78, 5) is 10.6. The molecule has 124 valence electrons. The average molecular weight is 324 g/mol. The van der Waals surface area contributed by atoms with E-state index in [0.717, 1.165) is 35.7 Å². The molecule has 0 saturated carbocycles. The average Bonchev–Trinajstić information content (AvgIpc) is 3.03. The van der Waals surface area contributed by atoms with Crippen LogP contribution in [-0.2, 0) is 4.74 Å². The number of rotatable bonds is 5. The molecule has 0 unspecified atom stereocenters. The van der Waals surface area contributed by atoms with Crippen LogP contribution < -0.4 is 4.90 Å². The van der Waals surface area contributed by atoms with E-state index in [1.165, 1.54) is 12.4 Å². The van der Waals surface area contributed by atoms with Crippen molar-refractivity contribution in [3.63, 3.8) is 0 Å². The molecule has 0 aromatic carbocycles. The zero-order chi connectivity index (χ0) is 17.1. The van der Waals surface area contributed by atoms with Crippen LogP contribution >= 0.6 is 0 Å². The van der Waals surface area contributed by atoms with Crippen LogP contribution in [0, 0.1) is 5.41 Å². The van der Waals surface area contributed by atoms with Gasteiger partial charge in [-0.2, -0.15) is 0 Å². The van der Waals surface area contributed by atoms with Crippen LogP contribution in [0.25, 0.3) is 16.7 Å². The summed E-state index contributed by atoms with van der Waals surface area (Å²) >= 11 is 0. The zero-order valence-electron chi connectivity index (χ0n) is 13.7. The Hall–Kier alpha value is -2.80. The van der Waals surface area contributed by atoms with Gasteiger partial charge in [-0.15, -0.1) is 5.10 Å². The highest BCUT2D eigenvalue weighted by Crippen LogP contribution is 2.26. The van der Waals surface area contributed by atoms with Crippen molar-refractivity contribution in [1.29, 1.82) is 5.41 Å². The van der Waals surface area contributed by atoms with Crippen LogP contribution in [0.1, 0.15) is 18.4 Å². The SMILES string of the molecule is C=N/C=C(\C=N)c1nc(N2CCOCC2)c2ccc(C(=C)C)n2n1. The lowest BCUT2D eigenvalue weighted by Gasteiger charge is -2.28. The number of aromatic nitrogens is 3. The number of nitrogens with zero attached hydrogens (tertiary/aromatic N) is 5. The highest BCUT2D eigenvalue weighted by Gasteiger charge is 2.20. The Kier molecular flexibility index (Phi) is 4.52. The quantitative estimate of drug-likeness (QED) is 0.856. The Morgan fingerprint density at radius 1 is 1.38 bits per heavy atom. The van der Waals surface area contributed by atoms with Crippen molar-refractivity contribution in [2.45, 2.75) is 6.92 Å². The van der Waals surface area contributed by atoms with Gasteiger partial charge in [-0.3, -0.25) is 4.99 Å². The highest BCUT2D eigenvalue weighted by atomic mass is 16.5. The lowest BCUT2D eigenvalue weighted by molar-refractivity contribution is 0.122. The second-order valence-corrected chi connectivity index (χ2v) is 5.57. The summed E-state index contributed by atoms with van der Waals surface area (Å²) < 4.78 is 7.27. The Balaban J connectivity index is 2.24. The fourth-order valence-corrected chi connectivity index (χ4v) is 2.69. The maximum Gasteiger partial charge on any atom is 0.185 e. The van der Waals surface area contributed by atoms with Crippen molar-refractivity contribution < 1.29 is 4.74 Å². The molecular formula is C17H20N6O. The van der Waals surface area contributed by atoms with E-state index >= 15 is 0 Å². The van der Waals surface area contributed by atoms with Crippen LogP contribution in [-0.4, -0.2) is 53.8 Å². The minimum atomic E-state index is 0.435. The van der Waals surface area contributed by atoms with E-state index in [2.05, 4.69) is 33.3 Å². The molecule has 1 aliphatic rings. The Morgan fingerprint density at radius 2 is 2.12 bits per heavy atom. The van der Waals surface area contributed by atoms with Crippen molar-refractivity contribution in [2.24, 2.45) is 4.99 Å². The van der Waals surface area contributed by atoms with Crippen molar-refractivity contribution in [2.75, 3.05) is 31.2 Å². The minimum Gasteiger partial charge on any atom is -0.378 e. The van der Waals surface area contributed by atoms with Crippen LogP contribution in [0.15, 0.2) is 29.9 Å². The predicted octanol–water partition coefficient (Wildman–Crippen LogP) is 2.29. The molecule has 0 atom stereocenters. The monoisotopic (exact) mass is 324 g/mol. The summed E-state index contributed by atoms with van der Waals surface area (Å²) in [7, 11) is 0. The van der Waals surface area contributed by atoms with E-state index in [1.807, 2.05) is 23.6 Å². The van der Waals surface area contributed by atoms with E-state index in [-0.39, 0.29) is 0 Å². The van der Waals surface area contributed by atoms with Crippen LogP contribution in [0.5, 0.6) is 0 Å². The molecule has 0 radical (unpaired) electrons. The second kappa shape index (κ2) is 6.76. The summed E-state index contributed by atoms with van der Waals surface area (Å²) in [5.41, 5.74) is 3.24. The molecule has 0 aliphatic carbocycles. The molecule has 1 aliphatic heterocycles. The Labute approximate surface area is 140 Å². The van der Waals surface area contributed by atoms with E-state index in [4.69, 9.17) is 10.1 Å². The molecule has 0 spiro atoms.